The standard InChI is InChI=1S/C22H13BrN4O2/c23-13-9-11-14(12-10-13)24-19-20(27-18-8-4-3-7-17(18)25-26-27)22(29)16-6-2-1-5-15(16)21(19)28/h1-12,20H. The van der Waals surface area contributed by atoms with E-state index in [1.807, 2.05) is 36.4 Å². The van der Waals surface area contributed by atoms with E-state index in [1.165, 1.54) is 4.68 Å². The number of hydrogen-bond donors (Lipinski definition) is 0. The molecule has 6 nitrogen and oxygen atoms in total. The largest absolute Gasteiger partial charge is 0.291 e. The molecule has 140 valence electrons. The highest BCUT2D eigenvalue weighted by Crippen LogP contribution is 2.31. The van der Waals surface area contributed by atoms with Crippen LogP contribution in [0.1, 0.15) is 26.8 Å². The fourth-order valence-corrected chi connectivity index (χ4v) is 3.77. The molecule has 1 heterocycles. The summed E-state index contributed by atoms with van der Waals surface area (Å²) < 4.78 is 2.39. The molecule has 0 bridgehead atoms. The summed E-state index contributed by atoms with van der Waals surface area (Å²) in [6.07, 6.45) is 0. The first-order chi connectivity index (χ1) is 14.1. The first kappa shape index (κ1) is 17.6. The molecule has 7 heteroatoms. The van der Waals surface area contributed by atoms with Crippen molar-refractivity contribution in [2.24, 2.45) is 4.99 Å². The zero-order chi connectivity index (χ0) is 20.0. The molecule has 1 aliphatic carbocycles. The number of carbonyl (C=O) groups is 2. The summed E-state index contributed by atoms with van der Waals surface area (Å²) in [6.45, 7) is 0. The van der Waals surface area contributed by atoms with Gasteiger partial charge in [-0.05, 0) is 36.4 Å². The summed E-state index contributed by atoms with van der Waals surface area (Å²) in [4.78, 5) is 31.3. The Morgan fingerprint density at radius 1 is 0.862 bits per heavy atom. The number of nitrogens with zero attached hydrogens (tertiary/aromatic N) is 4. The molecule has 1 atom stereocenters. The molecular weight excluding hydrogens is 432 g/mol. The van der Waals surface area contributed by atoms with Gasteiger partial charge in [0.25, 0.3) is 0 Å². The second-order valence-electron chi connectivity index (χ2n) is 6.64. The van der Waals surface area contributed by atoms with Gasteiger partial charge < -0.3 is 0 Å². The van der Waals surface area contributed by atoms with Gasteiger partial charge in [0, 0.05) is 15.6 Å². The maximum atomic E-state index is 13.4. The molecule has 0 saturated carbocycles. The second kappa shape index (κ2) is 6.86. The Morgan fingerprint density at radius 2 is 1.55 bits per heavy atom. The number of Topliss-reactive ketones (excluding diaryl/α,β-unsaturated/α-hetero) is 2. The van der Waals surface area contributed by atoms with E-state index in [2.05, 4.69) is 31.2 Å². The molecular formula is C22H13BrN4O2. The lowest BCUT2D eigenvalue weighted by atomic mass is 9.84. The molecule has 1 unspecified atom stereocenters. The van der Waals surface area contributed by atoms with Gasteiger partial charge in [0.1, 0.15) is 11.2 Å². The number of fused-ring (bicyclic) bond motifs is 2. The summed E-state index contributed by atoms with van der Waals surface area (Å²) in [7, 11) is 0. The van der Waals surface area contributed by atoms with Crippen LogP contribution in [0.15, 0.2) is 82.3 Å². The predicted octanol–water partition coefficient (Wildman–Crippen LogP) is 4.59. The zero-order valence-corrected chi connectivity index (χ0v) is 16.6. The lowest BCUT2D eigenvalue weighted by molar-refractivity contribution is 0.0919. The average Bonchev–Trinajstić information content (AvgIpc) is 3.17. The van der Waals surface area contributed by atoms with E-state index in [1.54, 1.807) is 36.4 Å². The fraction of sp³-hybridized carbons (Fsp3) is 0.0455. The van der Waals surface area contributed by atoms with Crippen LogP contribution < -0.4 is 0 Å². The zero-order valence-electron chi connectivity index (χ0n) is 15.0. The van der Waals surface area contributed by atoms with Crippen molar-refractivity contribution in [2.45, 2.75) is 6.04 Å². The Morgan fingerprint density at radius 3 is 2.34 bits per heavy atom. The molecule has 3 aromatic carbocycles. The van der Waals surface area contributed by atoms with Crippen molar-refractivity contribution in [3.63, 3.8) is 0 Å². The number of aliphatic imine (C=N–C) groups is 1. The van der Waals surface area contributed by atoms with Crippen LogP contribution in [0.3, 0.4) is 0 Å². The smallest absolute Gasteiger partial charge is 0.210 e. The topological polar surface area (TPSA) is 77.2 Å². The maximum Gasteiger partial charge on any atom is 0.210 e. The lowest BCUT2D eigenvalue weighted by Crippen LogP contribution is -2.39. The Hall–Kier alpha value is -3.45. The average molecular weight is 445 g/mol. The van der Waals surface area contributed by atoms with Crippen molar-refractivity contribution in [2.75, 3.05) is 0 Å². The Bertz CT molecular complexity index is 1310. The first-order valence-electron chi connectivity index (χ1n) is 8.95. The highest BCUT2D eigenvalue weighted by Gasteiger charge is 2.41. The molecule has 0 saturated heterocycles. The van der Waals surface area contributed by atoms with Gasteiger partial charge in [0.2, 0.25) is 5.78 Å². The molecule has 1 aromatic heterocycles. The van der Waals surface area contributed by atoms with Crippen LogP contribution in [-0.2, 0) is 0 Å². The van der Waals surface area contributed by atoms with Crippen molar-refractivity contribution in [1.82, 2.24) is 15.0 Å². The van der Waals surface area contributed by atoms with Gasteiger partial charge in [-0.15, -0.1) is 5.10 Å². The van der Waals surface area contributed by atoms with Crippen molar-refractivity contribution in [1.29, 1.82) is 0 Å². The summed E-state index contributed by atoms with van der Waals surface area (Å²) in [5.41, 5.74) is 2.76. The van der Waals surface area contributed by atoms with Crippen LogP contribution in [0.4, 0.5) is 5.69 Å². The summed E-state index contributed by atoms with van der Waals surface area (Å²) in [6, 6.07) is 20.4. The molecule has 0 spiro atoms. The van der Waals surface area contributed by atoms with Crippen LogP contribution >= 0.6 is 15.9 Å². The molecule has 1 aliphatic rings. The highest BCUT2D eigenvalue weighted by atomic mass is 79.9. The lowest BCUT2D eigenvalue weighted by Gasteiger charge is -2.24. The van der Waals surface area contributed by atoms with Gasteiger partial charge in [-0.25, -0.2) is 9.67 Å². The Balaban J connectivity index is 1.76. The Labute approximate surface area is 174 Å². The number of para-hydroxylation sites is 1. The van der Waals surface area contributed by atoms with E-state index < -0.39 is 6.04 Å². The van der Waals surface area contributed by atoms with Crippen LogP contribution in [0.5, 0.6) is 0 Å². The van der Waals surface area contributed by atoms with Crippen molar-refractivity contribution in [3.8, 4) is 0 Å². The van der Waals surface area contributed by atoms with Gasteiger partial charge in [-0.3, -0.25) is 9.59 Å². The van der Waals surface area contributed by atoms with Crippen molar-refractivity contribution < 1.29 is 9.59 Å². The fourth-order valence-electron chi connectivity index (χ4n) is 3.50. The van der Waals surface area contributed by atoms with Gasteiger partial charge in [-0.2, -0.15) is 0 Å². The van der Waals surface area contributed by atoms with Crippen molar-refractivity contribution in [3.05, 3.63) is 88.4 Å². The van der Waals surface area contributed by atoms with E-state index in [-0.39, 0.29) is 17.3 Å². The quantitative estimate of drug-likeness (QED) is 0.453. The molecule has 0 amide bonds. The summed E-state index contributed by atoms with van der Waals surface area (Å²) in [5.74, 6) is -0.514. The number of rotatable bonds is 2. The van der Waals surface area contributed by atoms with E-state index in [4.69, 9.17) is 0 Å². The molecule has 0 aliphatic heterocycles. The van der Waals surface area contributed by atoms with E-state index in [9.17, 15) is 9.59 Å². The van der Waals surface area contributed by atoms with Crippen LogP contribution in [0, 0.1) is 0 Å². The molecule has 5 rings (SSSR count). The normalized spacial score (nSPS) is 17.7. The minimum atomic E-state index is -0.978. The predicted molar refractivity (Wildman–Crippen MR) is 113 cm³/mol. The van der Waals surface area contributed by atoms with Crippen molar-refractivity contribution >= 4 is 49.9 Å². The van der Waals surface area contributed by atoms with Gasteiger partial charge in [0.15, 0.2) is 11.8 Å². The van der Waals surface area contributed by atoms with E-state index in [0.717, 1.165) is 4.47 Å². The number of hydrogen-bond acceptors (Lipinski definition) is 5. The minimum absolute atomic E-state index is 0.131. The van der Waals surface area contributed by atoms with Crippen LogP contribution in [-0.4, -0.2) is 32.3 Å². The molecule has 0 radical (unpaired) electrons. The van der Waals surface area contributed by atoms with Crippen LogP contribution in [0.2, 0.25) is 0 Å². The summed E-state index contributed by atoms with van der Waals surface area (Å²) in [5, 5.41) is 8.34. The number of benzene rings is 3. The van der Waals surface area contributed by atoms with Gasteiger partial charge in [0.05, 0.1) is 11.2 Å². The second-order valence-corrected chi connectivity index (χ2v) is 7.55. The molecule has 0 N–H and O–H groups in total. The third-order valence-electron chi connectivity index (χ3n) is 4.88. The maximum absolute atomic E-state index is 13.4. The third-order valence-corrected chi connectivity index (χ3v) is 5.40. The van der Waals surface area contributed by atoms with Gasteiger partial charge >= 0.3 is 0 Å². The first-order valence-corrected chi connectivity index (χ1v) is 9.75. The number of ketones is 2. The number of halogens is 1. The number of carbonyl (C=O) groups excluding carboxylic acids is 2. The number of aromatic nitrogens is 3. The van der Waals surface area contributed by atoms with E-state index >= 15 is 0 Å². The van der Waals surface area contributed by atoms with Gasteiger partial charge in [-0.1, -0.05) is 57.5 Å². The minimum Gasteiger partial charge on any atom is -0.291 e. The molecule has 0 fully saturated rings. The highest BCUT2D eigenvalue weighted by molar-refractivity contribution is 9.10. The SMILES string of the molecule is O=C1C(=Nc2ccc(Br)cc2)C(n2nnc3ccccc32)C(=O)c2ccccc21. The van der Waals surface area contributed by atoms with Crippen LogP contribution in [0.25, 0.3) is 11.0 Å². The third kappa shape index (κ3) is 2.91. The molecule has 29 heavy (non-hydrogen) atoms. The monoisotopic (exact) mass is 444 g/mol. The molecule has 4 aromatic rings. The summed E-state index contributed by atoms with van der Waals surface area (Å²) >= 11 is 3.39. The Kier molecular flexibility index (Phi) is 4.17. The van der Waals surface area contributed by atoms with E-state index in [0.29, 0.717) is 27.8 Å².